The third kappa shape index (κ3) is 4.02. The van der Waals surface area contributed by atoms with E-state index in [1.807, 2.05) is 0 Å². The normalized spacial score (nSPS) is 12.1. The standard InChI is InChI=1S/C23H28O6Si/c1-23(2,3)30(6,7)29-22-20(26-4)10-14(11-21(22)27-5)19-13-17(25)16-12-15(24)8-9-18(16)28-19/h8-13,24H,1-7H3. The summed E-state index contributed by atoms with van der Waals surface area (Å²) in [4.78, 5) is 12.5. The van der Waals surface area contributed by atoms with E-state index in [4.69, 9.17) is 18.3 Å². The highest BCUT2D eigenvalue weighted by molar-refractivity contribution is 6.74. The number of phenolic OH excluding ortho intramolecular Hbond substituents is 1. The number of aromatic hydroxyl groups is 1. The Morgan fingerprint density at radius 3 is 2.10 bits per heavy atom. The fourth-order valence-electron chi connectivity index (χ4n) is 2.82. The molecule has 0 saturated heterocycles. The summed E-state index contributed by atoms with van der Waals surface area (Å²) < 4.78 is 23.6. The third-order valence-corrected chi connectivity index (χ3v) is 9.95. The van der Waals surface area contributed by atoms with Crippen LogP contribution < -0.4 is 19.3 Å². The number of hydrogen-bond acceptors (Lipinski definition) is 6. The fraction of sp³-hybridized carbons (Fsp3) is 0.348. The predicted molar refractivity (Wildman–Crippen MR) is 121 cm³/mol. The van der Waals surface area contributed by atoms with Crippen molar-refractivity contribution in [2.75, 3.05) is 14.2 Å². The number of rotatable bonds is 5. The van der Waals surface area contributed by atoms with Gasteiger partial charge < -0.3 is 23.4 Å². The average molecular weight is 429 g/mol. The summed E-state index contributed by atoms with van der Waals surface area (Å²) in [6.07, 6.45) is 0. The Labute approximate surface area is 177 Å². The average Bonchev–Trinajstić information content (AvgIpc) is 2.67. The molecule has 6 nitrogen and oxygen atoms in total. The van der Waals surface area contributed by atoms with Gasteiger partial charge in [-0.1, -0.05) is 20.8 Å². The highest BCUT2D eigenvalue weighted by Crippen LogP contribution is 2.46. The van der Waals surface area contributed by atoms with E-state index < -0.39 is 8.32 Å². The summed E-state index contributed by atoms with van der Waals surface area (Å²) in [6.45, 7) is 10.8. The Morgan fingerprint density at radius 2 is 1.57 bits per heavy atom. The number of methoxy groups -OCH3 is 2. The molecule has 0 aliphatic carbocycles. The van der Waals surface area contributed by atoms with Crippen LogP contribution in [0.3, 0.4) is 0 Å². The van der Waals surface area contributed by atoms with Crippen molar-refractivity contribution in [2.24, 2.45) is 0 Å². The van der Waals surface area contributed by atoms with Crippen LogP contribution in [0.4, 0.5) is 0 Å². The largest absolute Gasteiger partial charge is 0.539 e. The molecule has 1 heterocycles. The van der Waals surface area contributed by atoms with E-state index in [0.29, 0.717) is 39.5 Å². The molecular formula is C23H28O6Si. The number of fused-ring (bicyclic) bond motifs is 1. The SMILES string of the molecule is COc1cc(-c2cc(=O)c3cc(O)ccc3o2)cc(OC)c1O[Si](C)(C)C(C)(C)C. The lowest BCUT2D eigenvalue weighted by Crippen LogP contribution is -2.44. The van der Waals surface area contributed by atoms with Crippen LogP contribution in [0.25, 0.3) is 22.3 Å². The van der Waals surface area contributed by atoms with Gasteiger partial charge in [0.15, 0.2) is 22.7 Å². The second-order valence-corrected chi connectivity index (χ2v) is 13.5. The zero-order chi connectivity index (χ0) is 22.3. The van der Waals surface area contributed by atoms with Crippen LogP contribution in [0, 0.1) is 0 Å². The second-order valence-electron chi connectivity index (χ2n) is 8.73. The van der Waals surface area contributed by atoms with Gasteiger partial charge in [-0.25, -0.2) is 0 Å². The molecule has 3 aromatic rings. The summed E-state index contributed by atoms with van der Waals surface area (Å²) in [5.74, 6) is 1.93. The van der Waals surface area contributed by atoms with E-state index in [9.17, 15) is 9.90 Å². The van der Waals surface area contributed by atoms with E-state index in [-0.39, 0.29) is 16.2 Å². The molecule has 0 atom stereocenters. The van der Waals surface area contributed by atoms with Crippen molar-refractivity contribution < 1.29 is 23.4 Å². The zero-order valence-corrected chi connectivity index (χ0v) is 19.5. The molecule has 1 N–H and O–H groups in total. The van der Waals surface area contributed by atoms with Crippen LogP contribution in [0.1, 0.15) is 20.8 Å². The Hall–Kier alpha value is -2.93. The van der Waals surface area contributed by atoms with Crippen LogP contribution in [0.2, 0.25) is 18.1 Å². The minimum Gasteiger partial charge on any atom is -0.539 e. The molecule has 0 radical (unpaired) electrons. The first-order valence-electron chi connectivity index (χ1n) is 9.69. The molecule has 0 spiro atoms. The van der Waals surface area contributed by atoms with Crippen LogP contribution in [0.5, 0.6) is 23.0 Å². The maximum absolute atomic E-state index is 12.5. The molecule has 0 aliphatic heterocycles. The first-order valence-corrected chi connectivity index (χ1v) is 12.6. The molecule has 160 valence electrons. The van der Waals surface area contributed by atoms with Gasteiger partial charge in [0, 0.05) is 11.6 Å². The van der Waals surface area contributed by atoms with Crippen molar-refractivity contribution in [3.05, 3.63) is 46.6 Å². The highest BCUT2D eigenvalue weighted by Gasteiger charge is 2.40. The maximum Gasteiger partial charge on any atom is 0.250 e. The lowest BCUT2D eigenvalue weighted by Gasteiger charge is -2.37. The Bertz CT molecular complexity index is 1120. The molecular weight excluding hydrogens is 400 g/mol. The number of phenols is 1. The summed E-state index contributed by atoms with van der Waals surface area (Å²) in [7, 11) is 0.986. The number of ether oxygens (including phenoxy) is 2. The molecule has 2 aromatic carbocycles. The highest BCUT2D eigenvalue weighted by atomic mass is 28.4. The molecule has 0 aliphatic rings. The first-order chi connectivity index (χ1) is 14.0. The number of benzene rings is 2. The molecule has 1 aromatic heterocycles. The van der Waals surface area contributed by atoms with Gasteiger partial charge in [-0.05, 0) is 48.5 Å². The molecule has 0 amide bonds. The lowest BCUT2D eigenvalue weighted by atomic mass is 10.1. The Morgan fingerprint density at radius 1 is 0.967 bits per heavy atom. The smallest absolute Gasteiger partial charge is 0.250 e. The summed E-state index contributed by atoms with van der Waals surface area (Å²) in [5.41, 5.74) is 0.759. The van der Waals surface area contributed by atoms with Crippen LogP contribution in [0.15, 0.2) is 45.6 Å². The van der Waals surface area contributed by atoms with Crippen molar-refractivity contribution in [1.82, 2.24) is 0 Å². The van der Waals surface area contributed by atoms with E-state index in [1.54, 1.807) is 32.4 Å². The minimum atomic E-state index is -2.15. The van der Waals surface area contributed by atoms with E-state index in [0.717, 1.165) is 0 Å². The predicted octanol–water partition coefficient (Wildman–Crippen LogP) is 5.57. The van der Waals surface area contributed by atoms with E-state index in [1.165, 1.54) is 18.2 Å². The van der Waals surface area contributed by atoms with E-state index >= 15 is 0 Å². The summed E-state index contributed by atoms with van der Waals surface area (Å²) in [6, 6.07) is 9.38. The van der Waals surface area contributed by atoms with Crippen LogP contribution >= 0.6 is 0 Å². The number of hydrogen-bond donors (Lipinski definition) is 1. The van der Waals surface area contributed by atoms with Gasteiger partial charge in [0.05, 0.1) is 19.6 Å². The summed E-state index contributed by atoms with van der Waals surface area (Å²) in [5, 5.41) is 9.95. The molecule has 7 heteroatoms. The monoisotopic (exact) mass is 428 g/mol. The van der Waals surface area contributed by atoms with E-state index in [2.05, 4.69) is 33.9 Å². The van der Waals surface area contributed by atoms with Crippen molar-refractivity contribution in [3.63, 3.8) is 0 Å². The Kier molecular flexibility index (Phi) is 5.60. The van der Waals surface area contributed by atoms with Crippen molar-refractivity contribution in [2.45, 2.75) is 38.9 Å². The quantitative estimate of drug-likeness (QED) is 0.536. The van der Waals surface area contributed by atoms with Crippen molar-refractivity contribution in [1.29, 1.82) is 0 Å². The lowest BCUT2D eigenvalue weighted by molar-refractivity contribution is 0.354. The molecule has 3 rings (SSSR count). The molecule has 0 fully saturated rings. The minimum absolute atomic E-state index is 0.00160. The fourth-order valence-corrected chi connectivity index (χ4v) is 3.84. The van der Waals surface area contributed by atoms with Crippen LogP contribution in [-0.4, -0.2) is 27.6 Å². The third-order valence-electron chi connectivity index (χ3n) is 5.62. The summed E-state index contributed by atoms with van der Waals surface area (Å²) >= 11 is 0. The molecule has 0 bridgehead atoms. The van der Waals surface area contributed by atoms with Gasteiger partial charge in [-0.3, -0.25) is 4.79 Å². The van der Waals surface area contributed by atoms with Gasteiger partial charge >= 0.3 is 0 Å². The molecule has 0 saturated carbocycles. The molecule has 0 unspecified atom stereocenters. The molecule has 30 heavy (non-hydrogen) atoms. The van der Waals surface area contributed by atoms with Crippen LogP contribution in [-0.2, 0) is 0 Å². The van der Waals surface area contributed by atoms with Gasteiger partial charge in [0.2, 0.25) is 0 Å². The van der Waals surface area contributed by atoms with Gasteiger partial charge in [0.1, 0.15) is 17.1 Å². The second kappa shape index (κ2) is 7.72. The van der Waals surface area contributed by atoms with Gasteiger partial charge in [0.25, 0.3) is 8.32 Å². The zero-order valence-electron chi connectivity index (χ0n) is 18.5. The Balaban J connectivity index is 2.16. The topological polar surface area (TPSA) is 78.1 Å². The maximum atomic E-state index is 12.5. The van der Waals surface area contributed by atoms with Crippen molar-refractivity contribution >= 4 is 19.3 Å². The van der Waals surface area contributed by atoms with Gasteiger partial charge in [-0.15, -0.1) is 0 Å². The van der Waals surface area contributed by atoms with Crippen molar-refractivity contribution in [3.8, 4) is 34.3 Å². The van der Waals surface area contributed by atoms with Gasteiger partial charge in [-0.2, -0.15) is 0 Å². The first kappa shape index (κ1) is 21.8.